The molecule has 324 valence electrons. The van der Waals surface area contributed by atoms with Crippen LogP contribution in [0.2, 0.25) is 13.1 Å². The van der Waals surface area contributed by atoms with Gasteiger partial charge < -0.3 is 4.90 Å². The maximum atomic E-state index is 2.53. The van der Waals surface area contributed by atoms with Crippen LogP contribution in [-0.2, 0) is 10.8 Å². The van der Waals surface area contributed by atoms with Crippen LogP contribution >= 0.6 is 35.3 Å². The average molecular weight is 932 g/mol. The Labute approximate surface area is 408 Å². The van der Waals surface area contributed by atoms with E-state index in [1.165, 1.54) is 102 Å². The maximum Gasteiger partial charge on any atom is 0.115 e. The SMILES string of the molecule is CC1(C)c2ccccc2-c2c1ccc1c2Sc2c(cccc2-c2ccc(N(c3ccc(-c4ccccc4)cc3)c3ccc4c(c3)C(C)(C)c3ccc5c(c3-4)Sc3ccccc3[Si]5(C)C)cc2)S1. The van der Waals surface area contributed by atoms with E-state index in [-0.39, 0.29) is 10.8 Å². The highest BCUT2D eigenvalue weighted by molar-refractivity contribution is 8.05. The number of nitrogens with zero attached hydrogens (tertiary/aromatic N) is 1. The van der Waals surface area contributed by atoms with Crippen molar-refractivity contribution in [3.8, 4) is 44.5 Å². The van der Waals surface area contributed by atoms with E-state index in [0.717, 1.165) is 11.4 Å². The fraction of sp³-hybridized carbons (Fsp3) is 0.129. The molecule has 0 saturated heterocycles. The van der Waals surface area contributed by atoms with Gasteiger partial charge in [0.1, 0.15) is 8.07 Å². The van der Waals surface area contributed by atoms with Crippen molar-refractivity contribution in [2.24, 2.45) is 0 Å². The van der Waals surface area contributed by atoms with Gasteiger partial charge in [-0.3, -0.25) is 0 Å². The predicted octanol–water partition coefficient (Wildman–Crippen LogP) is 17.0. The largest absolute Gasteiger partial charge is 0.310 e. The number of fused-ring (bicyclic) bond motifs is 12. The van der Waals surface area contributed by atoms with Gasteiger partial charge in [-0.05, 0) is 126 Å². The van der Waals surface area contributed by atoms with Crippen LogP contribution in [0.15, 0.2) is 217 Å². The summed E-state index contributed by atoms with van der Waals surface area (Å²) in [5.41, 5.74) is 19.5. The van der Waals surface area contributed by atoms with E-state index in [2.05, 4.69) is 234 Å². The highest BCUT2D eigenvalue weighted by Gasteiger charge is 2.43. The number of hydrogen-bond donors (Lipinski definition) is 0. The lowest BCUT2D eigenvalue weighted by Gasteiger charge is -2.34. The van der Waals surface area contributed by atoms with E-state index in [9.17, 15) is 0 Å². The van der Waals surface area contributed by atoms with Crippen LogP contribution in [0, 0.1) is 0 Å². The molecule has 1 nitrogen and oxygen atoms in total. The summed E-state index contributed by atoms with van der Waals surface area (Å²) in [6.45, 7) is 14.7. The minimum absolute atomic E-state index is 0.0296. The summed E-state index contributed by atoms with van der Waals surface area (Å²) in [5.74, 6) is 0. The fourth-order valence-electron chi connectivity index (χ4n) is 11.6. The molecule has 2 aliphatic heterocycles. The molecule has 0 aromatic heterocycles. The molecule has 0 saturated carbocycles. The zero-order chi connectivity index (χ0) is 45.4. The lowest BCUT2D eigenvalue weighted by molar-refractivity contribution is 0.659. The monoisotopic (exact) mass is 931 g/mol. The molecule has 2 heterocycles. The second-order valence-electron chi connectivity index (χ2n) is 20.1. The number of benzene rings is 9. The third-order valence-corrected chi connectivity index (χ3v) is 23.0. The van der Waals surface area contributed by atoms with Crippen LogP contribution in [0.1, 0.15) is 49.9 Å². The second kappa shape index (κ2) is 15.0. The molecule has 0 atom stereocenters. The molecule has 67 heavy (non-hydrogen) atoms. The van der Waals surface area contributed by atoms with Crippen LogP contribution < -0.4 is 15.3 Å². The summed E-state index contributed by atoms with van der Waals surface area (Å²) in [6, 6.07) is 71.1. The summed E-state index contributed by atoms with van der Waals surface area (Å²) in [7, 11) is -1.90. The van der Waals surface area contributed by atoms with Crippen LogP contribution in [-0.4, -0.2) is 8.07 Å². The van der Waals surface area contributed by atoms with Gasteiger partial charge in [0.25, 0.3) is 0 Å². The first-order valence-corrected chi connectivity index (χ1v) is 28.9. The zero-order valence-electron chi connectivity index (χ0n) is 38.6. The quantitative estimate of drug-likeness (QED) is 0.158. The van der Waals surface area contributed by atoms with Gasteiger partial charge in [-0.25, -0.2) is 0 Å². The summed E-state index contributed by atoms with van der Waals surface area (Å²) in [6.07, 6.45) is 0. The van der Waals surface area contributed by atoms with Gasteiger partial charge in [0.05, 0.1) is 0 Å². The number of anilines is 3. The molecule has 9 aromatic rings. The Hall–Kier alpha value is -5.95. The van der Waals surface area contributed by atoms with Gasteiger partial charge >= 0.3 is 0 Å². The molecule has 13 rings (SSSR count). The lowest BCUT2D eigenvalue weighted by Crippen LogP contribution is -2.56. The molecule has 5 heteroatoms. The number of rotatable bonds is 5. The van der Waals surface area contributed by atoms with Crippen molar-refractivity contribution < 1.29 is 0 Å². The minimum Gasteiger partial charge on any atom is -0.310 e. The van der Waals surface area contributed by atoms with Gasteiger partial charge in [-0.2, -0.15) is 0 Å². The summed E-state index contributed by atoms with van der Waals surface area (Å²) in [5, 5.41) is 3.11. The molecule has 0 radical (unpaired) electrons. The molecular weight excluding hydrogens is 883 g/mol. The molecular formula is C62H49NS3Si. The fourth-order valence-corrected chi connectivity index (χ4v) is 19.7. The van der Waals surface area contributed by atoms with Crippen molar-refractivity contribution in [2.75, 3.05) is 4.90 Å². The first-order valence-electron chi connectivity index (χ1n) is 23.4. The van der Waals surface area contributed by atoms with Crippen molar-refractivity contribution >= 4 is 70.8 Å². The normalized spacial score (nSPS) is 15.8. The highest BCUT2D eigenvalue weighted by Crippen LogP contribution is 2.60. The van der Waals surface area contributed by atoms with Crippen LogP contribution in [0.5, 0.6) is 0 Å². The van der Waals surface area contributed by atoms with E-state index in [4.69, 9.17) is 0 Å². The first-order chi connectivity index (χ1) is 32.5. The standard InChI is InChI=1S/C62H49NS3Si/c1-61(2)47-19-11-10-17-45(47)56-48(61)33-35-53-59(56)66-58-44(18-14-21-52(58)64-53)40-25-29-42(30-26-40)63(41-27-23-39(24-28-41)38-15-8-7-9-16-38)43-31-32-46-50(37-43)62(3,4)49-34-36-55-60(57(46)49)65-51-20-12-13-22-54(51)67(55,5)6/h7-37H,1-6H3. The average Bonchev–Trinajstić information content (AvgIpc) is 3.73. The first kappa shape index (κ1) is 41.3. The van der Waals surface area contributed by atoms with Gasteiger partial charge in [0.2, 0.25) is 0 Å². The number of hydrogen-bond acceptors (Lipinski definition) is 4. The second-order valence-corrected chi connectivity index (χ2v) is 27.5. The van der Waals surface area contributed by atoms with Crippen LogP contribution in [0.25, 0.3) is 44.5 Å². The zero-order valence-corrected chi connectivity index (χ0v) is 42.0. The Morgan fingerprint density at radius 3 is 1.70 bits per heavy atom. The van der Waals surface area contributed by atoms with E-state index < -0.39 is 8.07 Å². The molecule has 0 bridgehead atoms. The smallest absolute Gasteiger partial charge is 0.115 e. The van der Waals surface area contributed by atoms with Crippen molar-refractivity contribution in [1.82, 2.24) is 0 Å². The third-order valence-electron chi connectivity index (χ3n) is 15.2. The molecule has 0 unspecified atom stereocenters. The molecule has 0 fully saturated rings. The summed E-state index contributed by atoms with van der Waals surface area (Å²) < 4.78 is 0. The van der Waals surface area contributed by atoms with Crippen LogP contribution in [0.3, 0.4) is 0 Å². The third kappa shape index (κ3) is 6.17. The Morgan fingerprint density at radius 2 is 0.925 bits per heavy atom. The topological polar surface area (TPSA) is 3.24 Å². The van der Waals surface area contributed by atoms with Gasteiger partial charge in [-0.1, -0.05) is 210 Å². The molecule has 0 spiro atoms. The lowest BCUT2D eigenvalue weighted by atomic mass is 9.82. The van der Waals surface area contributed by atoms with E-state index in [0.29, 0.717) is 0 Å². The highest BCUT2D eigenvalue weighted by atomic mass is 32.2. The van der Waals surface area contributed by atoms with E-state index in [1.807, 2.05) is 35.3 Å². The molecule has 2 aliphatic carbocycles. The van der Waals surface area contributed by atoms with Crippen molar-refractivity contribution in [3.63, 3.8) is 0 Å². The van der Waals surface area contributed by atoms with Gasteiger partial charge in [0, 0.05) is 62.8 Å². The van der Waals surface area contributed by atoms with Crippen molar-refractivity contribution in [1.29, 1.82) is 0 Å². The Balaban J connectivity index is 0.906. The van der Waals surface area contributed by atoms with E-state index >= 15 is 0 Å². The molecule has 9 aromatic carbocycles. The Bertz CT molecular complexity index is 3520. The van der Waals surface area contributed by atoms with E-state index in [1.54, 1.807) is 10.4 Å². The minimum atomic E-state index is -1.90. The Morgan fingerprint density at radius 1 is 0.358 bits per heavy atom. The Kier molecular flexibility index (Phi) is 9.25. The maximum absolute atomic E-state index is 2.53. The van der Waals surface area contributed by atoms with Crippen molar-refractivity contribution in [3.05, 3.63) is 210 Å². The summed E-state index contributed by atoms with van der Waals surface area (Å²) >= 11 is 5.86. The van der Waals surface area contributed by atoms with Crippen molar-refractivity contribution in [2.45, 2.75) is 81.0 Å². The van der Waals surface area contributed by atoms with Gasteiger partial charge in [-0.15, -0.1) is 0 Å². The van der Waals surface area contributed by atoms with Gasteiger partial charge in [0.15, 0.2) is 0 Å². The van der Waals surface area contributed by atoms with Crippen LogP contribution in [0.4, 0.5) is 17.1 Å². The summed E-state index contributed by atoms with van der Waals surface area (Å²) in [4.78, 5) is 10.7. The predicted molar refractivity (Wildman–Crippen MR) is 289 cm³/mol. The molecule has 0 N–H and O–H groups in total. The molecule has 4 aliphatic rings. The molecule has 0 amide bonds.